The summed E-state index contributed by atoms with van der Waals surface area (Å²) in [6.45, 7) is 11.2. The molecule has 0 saturated carbocycles. The molecular weight excluding hydrogens is 544 g/mol. The Morgan fingerprint density at radius 3 is 2.47 bits per heavy atom. The molecule has 0 radical (unpaired) electrons. The lowest BCUT2D eigenvalue weighted by Gasteiger charge is -2.32. The van der Waals surface area contributed by atoms with Gasteiger partial charge in [0.2, 0.25) is 0 Å². The van der Waals surface area contributed by atoms with E-state index in [-0.39, 0.29) is 24.3 Å². The Morgan fingerprint density at radius 1 is 1.05 bits per heavy atom. The number of carbonyl (C=O) groups excluding carboxylic acids is 2. The number of rotatable bonds is 7. The number of benzene rings is 2. The molecule has 2 fully saturated rings. The molecule has 0 aliphatic carbocycles. The number of urea groups is 1. The van der Waals surface area contributed by atoms with E-state index in [1.54, 1.807) is 11.2 Å². The monoisotopic (exact) mass is 588 g/mol. The number of aryl methyl sites for hydroxylation is 1. The van der Waals surface area contributed by atoms with Crippen molar-refractivity contribution < 1.29 is 19.1 Å². The molecule has 2 aliphatic heterocycles. The highest BCUT2D eigenvalue weighted by molar-refractivity contribution is 5.90. The van der Waals surface area contributed by atoms with Crippen LogP contribution in [0.2, 0.25) is 0 Å². The summed E-state index contributed by atoms with van der Waals surface area (Å²) in [5.74, 6) is 0.866. The molecule has 3 amide bonds. The molecule has 10 nitrogen and oxygen atoms in total. The molecule has 1 N–H and O–H groups in total. The first-order valence-corrected chi connectivity index (χ1v) is 15.1. The predicted molar refractivity (Wildman–Crippen MR) is 167 cm³/mol. The van der Waals surface area contributed by atoms with Crippen molar-refractivity contribution >= 4 is 17.8 Å². The molecule has 0 spiro atoms. The summed E-state index contributed by atoms with van der Waals surface area (Å²) in [4.78, 5) is 36.2. The minimum absolute atomic E-state index is 0.0855. The molecule has 3 aromatic rings. The molecule has 1 atom stereocenters. The third-order valence-electron chi connectivity index (χ3n) is 7.90. The average molecular weight is 589 g/mol. The highest BCUT2D eigenvalue weighted by Crippen LogP contribution is 2.25. The van der Waals surface area contributed by atoms with Crippen molar-refractivity contribution in [3.05, 3.63) is 72.3 Å². The second-order valence-corrected chi connectivity index (χ2v) is 12.6. The largest absolute Gasteiger partial charge is 0.490 e. The maximum atomic E-state index is 13.3. The molecule has 1 aromatic heterocycles. The van der Waals surface area contributed by atoms with Gasteiger partial charge in [-0.2, -0.15) is 0 Å². The van der Waals surface area contributed by atoms with Crippen LogP contribution >= 0.6 is 0 Å². The number of nitrogens with one attached hydrogen (secondary N) is 1. The summed E-state index contributed by atoms with van der Waals surface area (Å²) in [6.07, 6.45) is 6.03. The number of anilines is 1. The van der Waals surface area contributed by atoms with Crippen molar-refractivity contribution in [3.8, 4) is 11.4 Å². The Kier molecular flexibility index (Phi) is 9.25. The Hall–Kier alpha value is -4.05. The molecular formula is C33H44N6O4. The lowest BCUT2D eigenvalue weighted by Crippen LogP contribution is -2.43. The smallest absolute Gasteiger partial charge is 0.410 e. The quantitative estimate of drug-likeness (QED) is 0.381. The molecule has 2 saturated heterocycles. The minimum Gasteiger partial charge on any atom is -0.490 e. The molecule has 0 unspecified atom stereocenters. The van der Waals surface area contributed by atoms with Crippen LogP contribution in [0, 0.1) is 6.92 Å². The van der Waals surface area contributed by atoms with Crippen molar-refractivity contribution in [2.45, 2.75) is 71.2 Å². The van der Waals surface area contributed by atoms with Gasteiger partial charge < -0.3 is 29.2 Å². The maximum absolute atomic E-state index is 13.3. The maximum Gasteiger partial charge on any atom is 0.410 e. The number of aromatic nitrogens is 2. The van der Waals surface area contributed by atoms with Crippen LogP contribution in [0.1, 0.15) is 51.3 Å². The zero-order valence-electron chi connectivity index (χ0n) is 26.0. The number of piperidine rings is 1. The van der Waals surface area contributed by atoms with E-state index in [2.05, 4.69) is 21.3 Å². The molecule has 43 heavy (non-hydrogen) atoms. The number of hydrogen-bond donors (Lipinski definition) is 1. The van der Waals surface area contributed by atoms with E-state index in [4.69, 9.17) is 9.47 Å². The molecule has 0 bridgehead atoms. The fourth-order valence-electron chi connectivity index (χ4n) is 5.63. The van der Waals surface area contributed by atoms with Crippen LogP contribution in [0.15, 0.2) is 61.1 Å². The number of imidazole rings is 1. The molecule has 2 aromatic carbocycles. The van der Waals surface area contributed by atoms with E-state index in [0.29, 0.717) is 19.6 Å². The summed E-state index contributed by atoms with van der Waals surface area (Å²) in [6, 6.07) is 16.0. The van der Waals surface area contributed by atoms with Gasteiger partial charge in [-0.15, -0.1) is 0 Å². The van der Waals surface area contributed by atoms with Crippen molar-refractivity contribution in [3.63, 3.8) is 0 Å². The molecule has 230 valence electrons. The summed E-state index contributed by atoms with van der Waals surface area (Å²) in [5, 5.41) is 3.15. The minimum atomic E-state index is -0.525. The fraction of sp³-hybridized carbons (Fsp3) is 0.485. The Bertz CT molecular complexity index is 1390. The Labute approximate surface area is 254 Å². The van der Waals surface area contributed by atoms with Gasteiger partial charge in [0, 0.05) is 76.2 Å². The van der Waals surface area contributed by atoms with E-state index in [1.165, 1.54) is 0 Å². The van der Waals surface area contributed by atoms with Crippen LogP contribution in [-0.4, -0.2) is 87.3 Å². The Balaban J connectivity index is 1.23. The summed E-state index contributed by atoms with van der Waals surface area (Å²) >= 11 is 0. The number of likely N-dealkylation sites (tertiary alicyclic amines) is 2. The number of likely N-dealkylation sites (N-methyl/N-ethyl adjacent to an activating group) is 1. The van der Waals surface area contributed by atoms with E-state index < -0.39 is 5.60 Å². The first-order chi connectivity index (χ1) is 20.5. The van der Waals surface area contributed by atoms with Crippen LogP contribution in [0.3, 0.4) is 0 Å². The van der Waals surface area contributed by atoms with E-state index in [0.717, 1.165) is 60.7 Å². The SMILES string of the molecule is Cc1cn(-c2cc(CN3CC[C@H](N(C)C(=O)OC(C)(C)C)C3)cc(NC(=O)N3CCC(Oc4ccccc4)CC3)c2)cn1. The number of amides is 3. The highest BCUT2D eigenvalue weighted by atomic mass is 16.6. The van der Waals surface area contributed by atoms with Crippen LogP contribution in [0.25, 0.3) is 5.69 Å². The highest BCUT2D eigenvalue weighted by Gasteiger charge is 2.31. The second-order valence-electron chi connectivity index (χ2n) is 12.6. The molecule has 5 rings (SSSR count). The molecule has 10 heteroatoms. The average Bonchev–Trinajstić information content (AvgIpc) is 3.61. The van der Waals surface area contributed by atoms with Gasteiger partial charge in [0.05, 0.1) is 12.0 Å². The summed E-state index contributed by atoms with van der Waals surface area (Å²) < 4.78 is 13.7. The van der Waals surface area contributed by atoms with Crippen LogP contribution in [-0.2, 0) is 11.3 Å². The van der Waals surface area contributed by atoms with Gasteiger partial charge in [0.25, 0.3) is 0 Å². The van der Waals surface area contributed by atoms with Crippen molar-refractivity contribution in [1.82, 2.24) is 24.3 Å². The zero-order chi connectivity index (χ0) is 30.6. The standard InChI is InChI=1S/C33H44N6O4/c1-24-20-39(23-34-24)28-18-25(21-37-14-11-27(22-37)36(5)32(41)43-33(2,3)4)17-26(19-28)35-31(40)38-15-12-30(13-16-38)42-29-9-7-6-8-10-29/h6-10,17-20,23,27,30H,11-16,21-22H2,1-5H3,(H,35,40)/t27-/m0/s1. The van der Waals surface area contributed by atoms with E-state index >= 15 is 0 Å². The van der Waals surface area contributed by atoms with Gasteiger partial charge >= 0.3 is 12.1 Å². The van der Waals surface area contributed by atoms with Gasteiger partial charge in [0.15, 0.2) is 0 Å². The zero-order valence-corrected chi connectivity index (χ0v) is 26.0. The fourth-order valence-corrected chi connectivity index (χ4v) is 5.63. The number of ether oxygens (including phenoxy) is 2. The lowest BCUT2D eigenvalue weighted by atomic mass is 10.1. The first-order valence-electron chi connectivity index (χ1n) is 15.1. The van der Waals surface area contributed by atoms with Gasteiger partial charge in [-0.3, -0.25) is 4.90 Å². The van der Waals surface area contributed by atoms with E-state index in [9.17, 15) is 9.59 Å². The Morgan fingerprint density at radius 2 is 1.79 bits per heavy atom. The summed E-state index contributed by atoms with van der Waals surface area (Å²) in [7, 11) is 1.81. The number of para-hydroxylation sites is 1. The van der Waals surface area contributed by atoms with Crippen molar-refractivity contribution in [2.75, 3.05) is 38.5 Å². The van der Waals surface area contributed by atoms with Crippen LogP contribution in [0.5, 0.6) is 5.75 Å². The van der Waals surface area contributed by atoms with Crippen LogP contribution < -0.4 is 10.1 Å². The molecule has 3 heterocycles. The van der Waals surface area contributed by atoms with Crippen molar-refractivity contribution in [1.29, 1.82) is 0 Å². The van der Waals surface area contributed by atoms with Gasteiger partial charge in [0.1, 0.15) is 17.5 Å². The first kappa shape index (κ1) is 30.4. The number of nitrogens with zero attached hydrogens (tertiary/aromatic N) is 5. The lowest BCUT2D eigenvalue weighted by molar-refractivity contribution is 0.0228. The third-order valence-corrected chi connectivity index (χ3v) is 7.90. The normalized spacial score (nSPS) is 18.0. The molecule has 2 aliphatic rings. The van der Waals surface area contributed by atoms with Crippen LogP contribution in [0.4, 0.5) is 15.3 Å². The number of carbonyl (C=O) groups is 2. The topological polar surface area (TPSA) is 92.2 Å². The third kappa shape index (κ3) is 8.28. The van der Waals surface area contributed by atoms with Gasteiger partial charge in [-0.25, -0.2) is 14.6 Å². The number of hydrogen-bond acceptors (Lipinski definition) is 6. The van der Waals surface area contributed by atoms with E-state index in [1.807, 2.05) is 92.9 Å². The van der Waals surface area contributed by atoms with Crippen molar-refractivity contribution in [2.24, 2.45) is 0 Å². The van der Waals surface area contributed by atoms with Gasteiger partial charge in [-0.1, -0.05) is 18.2 Å². The summed E-state index contributed by atoms with van der Waals surface area (Å²) in [5.41, 5.74) is 3.15. The second kappa shape index (κ2) is 13.1. The predicted octanol–water partition coefficient (Wildman–Crippen LogP) is 5.70. The van der Waals surface area contributed by atoms with Gasteiger partial charge in [-0.05, 0) is 70.0 Å².